The van der Waals surface area contributed by atoms with Crippen molar-refractivity contribution in [2.45, 2.75) is 11.7 Å². The smallest absolute Gasteiger partial charge is 0.209 e. The van der Waals surface area contributed by atoms with Crippen LogP contribution in [0.1, 0.15) is 5.56 Å². The number of methoxy groups -OCH3 is 3. The van der Waals surface area contributed by atoms with Gasteiger partial charge in [0, 0.05) is 25.9 Å². The first-order valence-electron chi connectivity index (χ1n) is 7.04. The zero-order valence-electron chi connectivity index (χ0n) is 14.1. The Labute approximate surface area is 151 Å². The summed E-state index contributed by atoms with van der Waals surface area (Å²) in [6.45, 7) is 1.53. The summed E-state index contributed by atoms with van der Waals surface area (Å²) >= 11 is 1.61. The highest BCUT2D eigenvalue weighted by Gasteiger charge is 2.12. The van der Waals surface area contributed by atoms with Gasteiger partial charge in [-0.3, -0.25) is 0 Å². The maximum absolute atomic E-state index is 5.35. The number of hydrogen-bond acceptors (Lipinski definition) is 8. The van der Waals surface area contributed by atoms with Gasteiger partial charge in [-0.15, -0.1) is 17.5 Å². The lowest BCUT2D eigenvalue weighted by Crippen LogP contribution is -2.17. The number of nitrogens with zero attached hydrogens (tertiary/aromatic N) is 4. The minimum atomic E-state index is 0. The van der Waals surface area contributed by atoms with E-state index >= 15 is 0 Å². The van der Waals surface area contributed by atoms with Crippen LogP contribution in [0.4, 0.5) is 0 Å². The van der Waals surface area contributed by atoms with Gasteiger partial charge in [-0.2, -0.15) is 0 Å². The number of hydrogen-bond donors (Lipinski definition) is 1. The van der Waals surface area contributed by atoms with Gasteiger partial charge < -0.3 is 19.5 Å². The van der Waals surface area contributed by atoms with Crippen molar-refractivity contribution in [1.82, 2.24) is 25.5 Å². The zero-order chi connectivity index (χ0) is 16.7. The van der Waals surface area contributed by atoms with Crippen LogP contribution in [-0.4, -0.2) is 53.8 Å². The third-order valence-electron chi connectivity index (χ3n) is 3.14. The van der Waals surface area contributed by atoms with Gasteiger partial charge in [-0.1, -0.05) is 11.8 Å². The van der Waals surface area contributed by atoms with Crippen LogP contribution in [0.15, 0.2) is 17.3 Å². The van der Waals surface area contributed by atoms with Crippen LogP contribution in [0.5, 0.6) is 17.2 Å². The van der Waals surface area contributed by atoms with Gasteiger partial charge in [-0.05, 0) is 28.1 Å². The lowest BCUT2D eigenvalue weighted by atomic mass is 10.2. The predicted molar refractivity (Wildman–Crippen MR) is 94.6 cm³/mol. The fraction of sp³-hybridized carbons (Fsp3) is 0.500. The van der Waals surface area contributed by atoms with E-state index in [2.05, 4.69) is 20.8 Å². The second kappa shape index (κ2) is 10.2. The molecule has 2 rings (SSSR count). The van der Waals surface area contributed by atoms with E-state index < -0.39 is 0 Å². The number of thioether (sulfide) groups is 1. The molecule has 134 valence electrons. The molecule has 1 heterocycles. The van der Waals surface area contributed by atoms with Crippen LogP contribution in [-0.2, 0) is 13.6 Å². The van der Waals surface area contributed by atoms with Crippen LogP contribution in [0.25, 0.3) is 0 Å². The maximum atomic E-state index is 5.35. The van der Waals surface area contributed by atoms with Gasteiger partial charge in [0.2, 0.25) is 10.9 Å². The summed E-state index contributed by atoms with van der Waals surface area (Å²) in [7, 11) is 6.64. The standard InChI is InChI=1S/C14H21N5O3S.ClH/c1-19-14(16-17-18-19)23-6-5-15-9-10-7-11(20-2)13(22-4)12(8-10)21-3;/h7-8,15H,5-6,9H2,1-4H3;1H. The average Bonchev–Trinajstić information content (AvgIpc) is 2.98. The quantitative estimate of drug-likeness (QED) is 0.522. The normalized spacial score (nSPS) is 10.2. The molecule has 0 aliphatic rings. The molecule has 1 aromatic heterocycles. The van der Waals surface area contributed by atoms with Gasteiger partial charge in [-0.25, -0.2) is 4.68 Å². The number of nitrogens with one attached hydrogen (secondary N) is 1. The van der Waals surface area contributed by atoms with E-state index in [1.807, 2.05) is 19.2 Å². The Morgan fingerprint density at radius 3 is 2.29 bits per heavy atom. The molecule has 0 atom stereocenters. The molecule has 10 heteroatoms. The summed E-state index contributed by atoms with van der Waals surface area (Å²) in [6.07, 6.45) is 0. The first-order valence-corrected chi connectivity index (χ1v) is 8.03. The topological polar surface area (TPSA) is 83.3 Å². The minimum absolute atomic E-state index is 0. The molecule has 0 radical (unpaired) electrons. The Bertz CT molecular complexity index is 616. The minimum Gasteiger partial charge on any atom is -0.493 e. The molecule has 0 spiro atoms. The molecule has 0 aliphatic heterocycles. The van der Waals surface area contributed by atoms with Gasteiger partial charge in [0.15, 0.2) is 11.5 Å². The monoisotopic (exact) mass is 375 g/mol. The third kappa shape index (κ3) is 5.15. The predicted octanol–water partition coefficient (Wildman–Crippen LogP) is 1.54. The van der Waals surface area contributed by atoms with Crippen LogP contribution >= 0.6 is 24.2 Å². The molecule has 24 heavy (non-hydrogen) atoms. The number of ether oxygens (including phenoxy) is 3. The van der Waals surface area contributed by atoms with Crippen molar-refractivity contribution in [3.05, 3.63) is 17.7 Å². The van der Waals surface area contributed by atoms with Crippen LogP contribution in [0, 0.1) is 0 Å². The van der Waals surface area contributed by atoms with Gasteiger partial charge in [0.25, 0.3) is 0 Å². The number of rotatable bonds is 9. The molecule has 1 N–H and O–H groups in total. The molecule has 0 saturated heterocycles. The Morgan fingerprint density at radius 1 is 1.12 bits per heavy atom. The van der Waals surface area contributed by atoms with E-state index in [0.29, 0.717) is 23.8 Å². The Hall–Kier alpha value is -1.71. The number of halogens is 1. The molecular weight excluding hydrogens is 354 g/mol. The van der Waals surface area contributed by atoms with E-state index in [1.165, 1.54) is 0 Å². The van der Waals surface area contributed by atoms with Crippen molar-refractivity contribution < 1.29 is 14.2 Å². The maximum Gasteiger partial charge on any atom is 0.209 e. The molecular formula is C14H22ClN5O3S. The summed E-state index contributed by atoms with van der Waals surface area (Å²) in [5.74, 6) is 2.79. The summed E-state index contributed by atoms with van der Waals surface area (Å²) in [6, 6.07) is 3.88. The number of aromatic nitrogens is 4. The highest BCUT2D eigenvalue weighted by atomic mass is 35.5. The number of tetrazole rings is 1. The average molecular weight is 376 g/mol. The van der Waals surface area contributed by atoms with E-state index in [-0.39, 0.29) is 12.4 Å². The van der Waals surface area contributed by atoms with Crippen LogP contribution in [0.2, 0.25) is 0 Å². The van der Waals surface area contributed by atoms with E-state index in [4.69, 9.17) is 14.2 Å². The summed E-state index contributed by atoms with van der Waals surface area (Å²) in [5.41, 5.74) is 1.06. The van der Waals surface area contributed by atoms with E-state index in [0.717, 1.165) is 23.0 Å². The van der Waals surface area contributed by atoms with Crippen molar-refractivity contribution in [3.8, 4) is 17.2 Å². The van der Waals surface area contributed by atoms with Crippen molar-refractivity contribution in [2.24, 2.45) is 7.05 Å². The van der Waals surface area contributed by atoms with E-state index in [9.17, 15) is 0 Å². The van der Waals surface area contributed by atoms with Gasteiger partial charge in [0.1, 0.15) is 0 Å². The molecule has 8 nitrogen and oxygen atoms in total. The fourth-order valence-electron chi connectivity index (χ4n) is 2.03. The Balaban J connectivity index is 0.00000288. The SMILES string of the molecule is COc1cc(CNCCSc2nnnn2C)cc(OC)c1OC.Cl. The Morgan fingerprint density at radius 2 is 1.79 bits per heavy atom. The van der Waals surface area contributed by atoms with Crippen LogP contribution < -0.4 is 19.5 Å². The lowest BCUT2D eigenvalue weighted by molar-refractivity contribution is 0.323. The number of aryl methyl sites for hydroxylation is 1. The van der Waals surface area contributed by atoms with E-state index in [1.54, 1.807) is 37.8 Å². The molecule has 0 unspecified atom stereocenters. The second-order valence-electron chi connectivity index (χ2n) is 4.64. The van der Waals surface area contributed by atoms with Gasteiger partial charge in [0.05, 0.1) is 21.3 Å². The van der Waals surface area contributed by atoms with Crippen LogP contribution in [0.3, 0.4) is 0 Å². The summed E-state index contributed by atoms with van der Waals surface area (Å²) in [5, 5.41) is 15.5. The van der Waals surface area contributed by atoms with Crippen molar-refractivity contribution in [3.63, 3.8) is 0 Å². The number of benzene rings is 1. The molecule has 0 amide bonds. The van der Waals surface area contributed by atoms with Crippen molar-refractivity contribution in [1.29, 1.82) is 0 Å². The third-order valence-corrected chi connectivity index (χ3v) is 4.16. The molecule has 0 bridgehead atoms. The first-order chi connectivity index (χ1) is 11.2. The largest absolute Gasteiger partial charge is 0.493 e. The second-order valence-corrected chi connectivity index (χ2v) is 5.71. The summed E-state index contributed by atoms with van der Waals surface area (Å²) < 4.78 is 17.7. The Kier molecular flexibility index (Phi) is 8.66. The molecule has 1 aromatic carbocycles. The van der Waals surface area contributed by atoms with Crippen molar-refractivity contribution in [2.75, 3.05) is 33.6 Å². The van der Waals surface area contributed by atoms with Gasteiger partial charge >= 0.3 is 0 Å². The first kappa shape index (κ1) is 20.3. The molecule has 0 fully saturated rings. The molecule has 2 aromatic rings. The summed E-state index contributed by atoms with van der Waals surface area (Å²) in [4.78, 5) is 0. The molecule has 0 aliphatic carbocycles. The highest BCUT2D eigenvalue weighted by molar-refractivity contribution is 7.99. The fourth-order valence-corrected chi connectivity index (χ4v) is 2.77. The zero-order valence-corrected chi connectivity index (χ0v) is 15.7. The highest BCUT2D eigenvalue weighted by Crippen LogP contribution is 2.38. The van der Waals surface area contributed by atoms with Crippen molar-refractivity contribution >= 4 is 24.2 Å². The molecule has 0 saturated carbocycles. The lowest BCUT2D eigenvalue weighted by Gasteiger charge is -2.14.